The summed E-state index contributed by atoms with van der Waals surface area (Å²) in [5.74, 6) is -0.708. The van der Waals surface area contributed by atoms with Crippen molar-refractivity contribution in [3.05, 3.63) is 36.5 Å². The highest BCUT2D eigenvalue weighted by Gasteiger charge is 2.44. The number of unbranched alkanes of at least 4 members (excludes halogenated alkanes) is 34. The predicted octanol–water partition coefficient (Wildman–Crippen LogP) is 13.1. The van der Waals surface area contributed by atoms with Gasteiger partial charge in [-0.25, -0.2) is 0 Å². The van der Waals surface area contributed by atoms with E-state index in [0.717, 1.165) is 44.9 Å². The van der Waals surface area contributed by atoms with Crippen LogP contribution in [-0.2, 0) is 14.3 Å². The van der Waals surface area contributed by atoms with Gasteiger partial charge in [-0.2, -0.15) is 0 Å². The lowest BCUT2D eigenvalue weighted by Crippen LogP contribution is -2.60. The lowest BCUT2D eigenvalue weighted by molar-refractivity contribution is -0.303. The quantitative estimate of drug-likeness (QED) is 0.0215. The van der Waals surface area contributed by atoms with Crippen molar-refractivity contribution in [3.63, 3.8) is 0 Å². The summed E-state index contributed by atoms with van der Waals surface area (Å²) in [5.41, 5.74) is 0. The Kier molecular flexibility index (Phi) is 47.6. The van der Waals surface area contributed by atoms with Crippen LogP contribution in [-0.4, -0.2) is 110 Å². The minimum absolute atomic E-state index is 0.243. The molecule has 0 aromatic carbocycles. The topological polar surface area (TPSA) is 189 Å². The van der Waals surface area contributed by atoms with Crippen molar-refractivity contribution in [2.24, 2.45) is 0 Å². The smallest absolute Gasteiger partial charge is 0.249 e. The fraction of sp³-hybridized carbons (Fsp3) is 0.885. The van der Waals surface area contributed by atoms with Gasteiger partial charge in [0.1, 0.15) is 36.6 Å². The van der Waals surface area contributed by atoms with Crippen LogP contribution in [0.4, 0.5) is 0 Å². The highest BCUT2D eigenvalue weighted by Crippen LogP contribution is 2.23. The van der Waals surface area contributed by atoms with Crippen LogP contribution in [0.1, 0.15) is 277 Å². The average Bonchev–Trinajstić information content (AvgIpc) is 3.38. The summed E-state index contributed by atoms with van der Waals surface area (Å²) in [7, 11) is 0. The molecule has 0 saturated carbocycles. The third-order valence-corrected chi connectivity index (χ3v) is 14.7. The van der Waals surface area contributed by atoms with E-state index in [1.54, 1.807) is 0 Å². The van der Waals surface area contributed by atoms with Gasteiger partial charge in [-0.05, 0) is 64.2 Å². The van der Waals surface area contributed by atoms with Crippen LogP contribution in [0.25, 0.3) is 0 Å². The Labute approximate surface area is 441 Å². The number of hydrogen-bond donors (Lipinski definition) is 8. The van der Waals surface area contributed by atoms with Crippen LogP contribution in [0, 0.1) is 0 Å². The molecule has 8 N–H and O–H groups in total. The molecule has 0 aliphatic carbocycles. The lowest BCUT2D eigenvalue weighted by atomic mass is 9.98. The summed E-state index contributed by atoms with van der Waals surface area (Å²) in [5, 5.41) is 76.2. The predicted molar refractivity (Wildman–Crippen MR) is 298 cm³/mol. The number of carbonyl (C=O) groups excluding carboxylic acids is 1. The number of ether oxygens (including phenoxy) is 2. The number of rotatable bonds is 52. The molecule has 9 atom stereocenters. The molecule has 1 amide bonds. The molecule has 1 saturated heterocycles. The summed E-state index contributed by atoms with van der Waals surface area (Å²) >= 11 is 0. The minimum Gasteiger partial charge on any atom is -0.394 e. The SMILES string of the molecule is CCCCCCCCCCCCC/C=C/CC/C=C/CC/C=C/CCCC(O)C(O)C(COC1OC(CO)C(O)C(O)C1O)NC(=O)C(O)CCCCCCCCCCCCCCCCCCCCCCC. The standard InChI is InChI=1S/C61H115NO10/c1-3-5-7-9-11-13-15-17-19-21-23-25-26-27-29-30-32-34-36-38-40-42-44-46-48-53(64)56(66)52(51-71-61-59(69)58(68)57(67)55(50-63)72-61)62-60(70)54(65)49-47-45-43-41-39-37-35-33-31-28-24-22-20-18-16-14-12-10-8-6-4-2/h26-27,32,34,40,42,52-59,61,63-69H,3-25,28-31,33,35-39,41,43-51H2,1-2H3,(H,62,70)/b27-26+,34-32+,42-40+. The van der Waals surface area contributed by atoms with Crippen molar-refractivity contribution in [2.75, 3.05) is 13.2 Å². The molecular formula is C61H115NO10. The second-order valence-corrected chi connectivity index (χ2v) is 21.4. The largest absolute Gasteiger partial charge is 0.394 e. The summed E-state index contributed by atoms with van der Waals surface area (Å²) < 4.78 is 11.1. The monoisotopic (exact) mass is 1020 g/mol. The van der Waals surface area contributed by atoms with Crippen LogP contribution in [0.15, 0.2) is 36.5 Å². The van der Waals surface area contributed by atoms with E-state index < -0.39 is 74.2 Å². The van der Waals surface area contributed by atoms with E-state index in [2.05, 4.69) is 55.6 Å². The van der Waals surface area contributed by atoms with Gasteiger partial charge >= 0.3 is 0 Å². The van der Waals surface area contributed by atoms with Gasteiger partial charge in [-0.3, -0.25) is 4.79 Å². The third kappa shape index (κ3) is 38.0. The maximum Gasteiger partial charge on any atom is 0.249 e. The van der Waals surface area contributed by atoms with E-state index in [1.165, 1.54) is 186 Å². The number of carbonyl (C=O) groups is 1. The maximum atomic E-state index is 13.2. The molecule has 0 aromatic heterocycles. The zero-order valence-corrected chi connectivity index (χ0v) is 46.4. The molecule has 11 nitrogen and oxygen atoms in total. The van der Waals surface area contributed by atoms with E-state index in [-0.39, 0.29) is 12.8 Å². The number of aliphatic hydroxyl groups excluding tert-OH is 7. The molecule has 1 fully saturated rings. The first-order chi connectivity index (χ1) is 35.2. The summed E-state index contributed by atoms with van der Waals surface area (Å²) in [4.78, 5) is 13.2. The first-order valence-electron chi connectivity index (χ1n) is 30.4. The number of aliphatic hydroxyl groups is 7. The highest BCUT2D eigenvalue weighted by molar-refractivity contribution is 5.80. The Bertz CT molecular complexity index is 1260. The first kappa shape index (κ1) is 68.3. The molecule has 0 bridgehead atoms. The normalized spacial score (nSPS) is 20.3. The van der Waals surface area contributed by atoms with Gasteiger partial charge < -0.3 is 50.5 Å². The van der Waals surface area contributed by atoms with E-state index in [0.29, 0.717) is 19.3 Å². The van der Waals surface area contributed by atoms with Crippen LogP contribution in [0.2, 0.25) is 0 Å². The van der Waals surface area contributed by atoms with Crippen LogP contribution < -0.4 is 5.32 Å². The van der Waals surface area contributed by atoms with Crippen molar-refractivity contribution in [3.8, 4) is 0 Å². The Morgan fingerprint density at radius 2 is 0.833 bits per heavy atom. The first-order valence-corrected chi connectivity index (χ1v) is 30.4. The van der Waals surface area contributed by atoms with Crippen LogP contribution in [0.3, 0.4) is 0 Å². The van der Waals surface area contributed by atoms with Crippen molar-refractivity contribution >= 4 is 5.91 Å². The Balaban J connectivity index is 2.33. The lowest BCUT2D eigenvalue weighted by Gasteiger charge is -2.40. The highest BCUT2D eigenvalue weighted by atomic mass is 16.7. The Morgan fingerprint density at radius 1 is 0.472 bits per heavy atom. The van der Waals surface area contributed by atoms with Crippen molar-refractivity contribution in [1.29, 1.82) is 0 Å². The van der Waals surface area contributed by atoms with Crippen molar-refractivity contribution in [1.82, 2.24) is 5.32 Å². The zero-order valence-electron chi connectivity index (χ0n) is 46.4. The van der Waals surface area contributed by atoms with Gasteiger partial charge in [0.25, 0.3) is 0 Å². The van der Waals surface area contributed by atoms with Gasteiger partial charge in [0.05, 0.1) is 25.4 Å². The second-order valence-electron chi connectivity index (χ2n) is 21.4. The van der Waals surface area contributed by atoms with Gasteiger partial charge in [-0.1, -0.05) is 249 Å². The summed E-state index contributed by atoms with van der Waals surface area (Å²) in [6.45, 7) is 3.47. The van der Waals surface area contributed by atoms with E-state index >= 15 is 0 Å². The molecule has 0 radical (unpaired) electrons. The zero-order chi connectivity index (χ0) is 52.5. The molecular weight excluding hydrogens is 907 g/mol. The fourth-order valence-corrected chi connectivity index (χ4v) is 9.71. The van der Waals surface area contributed by atoms with Gasteiger partial charge in [0.2, 0.25) is 5.91 Å². The molecule has 11 heteroatoms. The minimum atomic E-state index is -1.67. The number of amides is 1. The fourth-order valence-electron chi connectivity index (χ4n) is 9.71. The number of nitrogens with one attached hydrogen (secondary N) is 1. The molecule has 0 spiro atoms. The molecule has 1 aliphatic rings. The molecule has 72 heavy (non-hydrogen) atoms. The molecule has 424 valence electrons. The number of hydrogen-bond acceptors (Lipinski definition) is 10. The molecule has 1 heterocycles. The van der Waals surface area contributed by atoms with E-state index in [9.17, 15) is 40.5 Å². The Hall–Kier alpha value is -1.67. The Morgan fingerprint density at radius 3 is 1.24 bits per heavy atom. The maximum absolute atomic E-state index is 13.2. The van der Waals surface area contributed by atoms with E-state index in [1.807, 2.05) is 0 Å². The number of allylic oxidation sites excluding steroid dienone is 6. The van der Waals surface area contributed by atoms with Crippen LogP contribution in [0.5, 0.6) is 0 Å². The third-order valence-electron chi connectivity index (χ3n) is 14.7. The molecule has 9 unspecified atom stereocenters. The van der Waals surface area contributed by atoms with Crippen molar-refractivity contribution in [2.45, 2.75) is 332 Å². The van der Waals surface area contributed by atoms with Crippen molar-refractivity contribution < 1.29 is 50.0 Å². The average molecular weight is 1020 g/mol. The summed E-state index contributed by atoms with van der Waals surface area (Å²) in [6.07, 6.45) is 50.6. The van der Waals surface area contributed by atoms with Gasteiger partial charge in [0.15, 0.2) is 6.29 Å². The van der Waals surface area contributed by atoms with Crippen LogP contribution >= 0.6 is 0 Å². The molecule has 0 aromatic rings. The van der Waals surface area contributed by atoms with E-state index in [4.69, 9.17) is 9.47 Å². The molecule has 1 aliphatic heterocycles. The summed E-state index contributed by atoms with van der Waals surface area (Å²) in [6, 6.07) is -1.19. The second kappa shape index (κ2) is 50.2. The van der Waals surface area contributed by atoms with Gasteiger partial charge in [0, 0.05) is 0 Å². The van der Waals surface area contributed by atoms with Gasteiger partial charge in [-0.15, -0.1) is 0 Å². The molecule has 1 rings (SSSR count).